The second kappa shape index (κ2) is 7.00. The van der Waals surface area contributed by atoms with Gasteiger partial charge in [-0.2, -0.15) is 0 Å². The lowest BCUT2D eigenvalue weighted by Crippen LogP contribution is -2.54. The lowest BCUT2D eigenvalue weighted by molar-refractivity contribution is 0.407. The van der Waals surface area contributed by atoms with Crippen LogP contribution < -0.4 is 15.8 Å². The van der Waals surface area contributed by atoms with Crippen molar-refractivity contribution >= 4 is 33.0 Å². The third kappa shape index (κ3) is 3.34. The van der Waals surface area contributed by atoms with Crippen LogP contribution in [0.4, 0.5) is 5.69 Å². The van der Waals surface area contributed by atoms with Crippen LogP contribution >= 0.6 is 11.3 Å². The summed E-state index contributed by atoms with van der Waals surface area (Å²) < 4.78 is 7.69. The molecule has 4 aromatic rings. The molecule has 0 saturated carbocycles. The van der Waals surface area contributed by atoms with Crippen molar-refractivity contribution in [2.24, 2.45) is 0 Å². The highest BCUT2D eigenvalue weighted by atomic mass is 32.1. The molecule has 0 aliphatic carbocycles. The summed E-state index contributed by atoms with van der Waals surface area (Å²) in [7, 11) is 0. The Morgan fingerprint density at radius 1 is 1.21 bits per heavy atom. The standard InChI is InChI=1S/C22H24N4O2S/c1-4-17-11-26-12-19(24-22(26)29-17)18-7-15-5-6-16(8-20(15)28-21(18)27)25-9-13(2)23-14(3)10-25/h5-8,11-14,23H,4,9-10H2,1-3H3/t13-,14+. The van der Waals surface area contributed by atoms with Gasteiger partial charge < -0.3 is 14.6 Å². The van der Waals surface area contributed by atoms with Gasteiger partial charge >= 0.3 is 5.63 Å². The highest BCUT2D eigenvalue weighted by Crippen LogP contribution is 2.27. The molecule has 0 amide bonds. The first kappa shape index (κ1) is 18.4. The van der Waals surface area contributed by atoms with Gasteiger partial charge in [-0.25, -0.2) is 9.78 Å². The number of hydrogen-bond donors (Lipinski definition) is 1. The third-order valence-electron chi connectivity index (χ3n) is 5.47. The van der Waals surface area contributed by atoms with Crippen molar-refractivity contribution in [1.29, 1.82) is 0 Å². The summed E-state index contributed by atoms with van der Waals surface area (Å²) in [5, 5.41) is 4.45. The fourth-order valence-electron chi connectivity index (χ4n) is 4.15. The summed E-state index contributed by atoms with van der Waals surface area (Å²) in [6, 6.07) is 8.85. The normalized spacial score (nSPS) is 20.0. The number of thiazole rings is 1. The smallest absolute Gasteiger partial charge is 0.345 e. The van der Waals surface area contributed by atoms with Gasteiger partial charge in [-0.1, -0.05) is 6.92 Å². The molecule has 0 bridgehead atoms. The first-order chi connectivity index (χ1) is 14.0. The molecule has 5 rings (SSSR count). The fraction of sp³-hybridized carbons (Fsp3) is 0.364. The van der Waals surface area contributed by atoms with E-state index in [0.29, 0.717) is 28.9 Å². The first-order valence-corrected chi connectivity index (χ1v) is 10.9. The number of fused-ring (bicyclic) bond motifs is 2. The van der Waals surface area contributed by atoms with Crippen LogP contribution in [0.1, 0.15) is 25.6 Å². The molecule has 0 radical (unpaired) electrons. The average molecular weight is 409 g/mol. The first-order valence-electron chi connectivity index (χ1n) is 10.1. The molecule has 7 heteroatoms. The van der Waals surface area contributed by atoms with Crippen molar-refractivity contribution < 1.29 is 4.42 Å². The van der Waals surface area contributed by atoms with E-state index in [-0.39, 0.29) is 5.63 Å². The zero-order chi connectivity index (χ0) is 20.1. The lowest BCUT2D eigenvalue weighted by Gasteiger charge is -2.37. The van der Waals surface area contributed by atoms with Gasteiger partial charge in [0.15, 0.2) is 4.96 Å². The molecule has 150 valence electrons. The third-order valence-corrected chi connectivity index (χ3v) is 6.61. The van der Waals surface area contributed by atoms with Gasteiger partial charge in [-0.05, 0) is 38.5 Å². The van der Waals surface area contributed by atoms with Gasteiger partial charge in [0.05, 0.1) is 11.3 Å². The molecule has 2 atom stereocenters. The maximum atomic E-state index is 12.7. The van der Waals surface area contributed by atoms with E-state index in [0.717, 1.165) is 35.5 Å². The SMILES string of the molecule is CCc1cn2cc(-c3cc4ccc(N5C[C@@H](C)N[C@@H](C)C5)cc4oc3=O)nc2s1. The van der Waals surface area contributed by atoms with Crippen LogP contribution in [0.5, 0.6) is 0 Å². The van der Waals surface area contributed by atoms with Gasteiger partial charge in [0.25, 0.3) is 0 Å². The van der Waals surface area contributed by atoms with E-state index in [1.807, 2.05) is 28.8 Å². The van der Waals surface area contributed by atoms with E-state index in [4.69, 9.17) is 4.42 Å². The number of benzene rings is 1. The van der Waals surface area contributed by atoms with Crippen molar-refractivity contribution in [3.63, 3.8) is 0 Å². The number of aromatic nitrogens is 2. The molecular weight excluding hydrogens is 384 g/mol. The van der Waals surface area contributed by atoms with Gasteiger partial charge in [0, 0.05) is 59.6 Å². The Hall–Kier alpha value is -2.64. The van der Waals surface area contributed by atoms with Crippen molar-refractivity contribution in [2.45, 2.75) is 39.3 Å². The Labute approximate surface area is 172 Å². The Morgan fingerprint density at radius 3 is 2.72 bits per heavy atom. The van der Waals surface area contributed by atoms with Gasteiger partial charge in [-0.3, -0.25) is 4.40 Å². The molecule has 3 aromatic heterocycles. The maximum absolute atomic E-state index is 12.7. The van der Waals surface area contributed by atoms with E-state index < -0.39 is 0 Å². The number of imidazole rings is 1. The van der Waals surface area contributed by atoms with Crippen LogP contribution in [0, 0.1) is 0 Å². The second-order valence-corrected chi connectivity index (χ2v) is 9.00. The van der Waals surface area contributed by atoms with E-state index in [9.17, 15) is 4.79 Å². The number of anilines is 1. The van der Waals surface area contributed by atoms with Gasteiger partial charge in [0.1, 0.15) is 5.58 Å². The zero-order valence-electron chi connectivity index (χ0n) is 16.8. The van der Waals surface area contributed by atoms with E-state index in [1.54, 1.807) is 11.3 Å². The minimum absolute atomic E-state index is 0.349. The summed E-state index contributed by atoms with van der Waals surface area (Å²) in [6.45, 7) is 8.37. The molecule has 29 heavy (non-hydrogen) atoms. The van der Waals surface area contributed by atoms with Crippen LogP contribution in [-0.2, 0) is 6.42 Å². The topological polar surface area (TPSA) is 62.8 Å². The predicted octanol–water partition coefficient (Wildman–Crippen LogP) is 3.92. The molecule has 1 aliphatic rings. The molecule has 0 spiro atoms. The average Bonchev–Trinajstić information content (AvgIpc) is 3.25. The summed E-state index contributed by atoms with van der Waals surface area (Å²) in [6.07, 6.45) is 4.95. The number of hydrogen-bond acceptors (Lipinski definition) is 6. The van der Waals surface area contributed by atoms with Crippen LogP contribution in [0.15, 0.2) is 45.9 Å². The monoisotopic (exact) mass is 408 g/mol. The zero-order valence-corrected chi connectivity index (χ0v) is 17.6. The van der Waals surface area contributed by atoms with Crippen molar-refractivity contribution in [3.05, 3.63) is 52.0 Å². The Kier molecular flexibility index (Phi) is 4.44. The van der Waals surface area contributed by atoms with Crippen LogP contribution in [0.25, 0.3) is 27.2 Å². The highest BCUT2D eigenvalue weighted by Gasteiger charge is 2.22. The van der Waals surface area contributed by atoms with Crippen LogP contribution in [-0.4, -0.2) is 34.6 Å². The summed E-state index contributed by atoms with van der Waals surface area (Å²) in [5.41, 5.74) is 2.51. The number of piperazine rings is 1. The number of nitrogens with one attached hydrogen (secondary N) is 1. The molecule has 4 heterocycles. The highest BCUT2D eigenvalue weighted by molar-refractivity contribution is 7.17. The van der Waals surface area contributed by atoms with Crippen molar-refractivity contribution in [2.75, 3.05) is 18.0 Å². The fourth-order valence-corrected chi connectivity index (χ4v) is 5.05. The predicted molar refractivity (Wildman–Crippen MR) is 118 cm³/mol. The molecule has 1 aromatic carbocycles. The van der Waals surface area contributed by atoms with E-state index >= 15 is 0 Å². The second-order valence-electron chi connectivity index (χ2n) is 7.91. The summed E-state index contributed by atoms with van der Waals surface area (Å²) in [5.74, 6) is 0. The van der Waals surface area contributed by atoms with E-state index in [1.165, 1.54) is 4.88 Å². The van der Waals surface area contributed by atoms with Gasteiger partial charge in [-0.15, -0.1) is 11.3 Å². The Balaban J connectivity index is 1.52. The molecule has 1 saturated heterocycles. The van der Waals surface area contributed by atoms with Gasteiger partial charge in [0.2, 0.25) is 0 Å². The van der Waals surface area contributed by atoms with Crippen molar-refractivity contribution in [1.82, 2.24) is 14.7 Å². The Morgan fingerprint density at radius 2 is 2.00 bits per heavy atom. The summed E-state index contributed by atoms with van der Waals surface area (Å²) >= 11 is 1.65. The van der Waals surface area contributed by atoms with Crippen LogP contribution in [0.2, 0.25) is 0 Å². The number of rotatable bonds is 3. The minimum Gasteiger partial charge on any atom is -0.422 e. The minimum atomic E-state index is -0.349. The molecule has 1 fully saturated rings. The molecule has 1 N–H and O–H groups in total. The summed E-state index contributed by atoms with van der Waals surface area (Å²) in [4.78, 5) is 21.9. The molecule has 6 nitrogen and oxygen atoms in total. The quantitative estimate of drug-likeness (QED) is 0.521. The van der Waals surface area contributed by atoms with Crippen molar-refractivity contribution in [3.8, 4) is 11.3 Å². The van der Waals surface area contributed by atoms with Crippen LogP contribution in [0.3, 0.4) is 0 Å². The lowest BCUT2D eigenvalue weighted by atomic mass is 10.1. The molecule has 0 unspecified atom stereocenters. The molecule has 1 aliphatic heterocycles. The van der Waals surface area contributed by atoms with E-state index in [2.05, 4.69) is 48.2 Å². The molecular formula is C22H24N4O2S. The maximum Gasteiger partial charge on any atom is 0.345 e. The Bertz CT molecular complexity index is 1210. The number of aryl methyl sites for hydroxylation is 1. The largest absolute Gasteiger partial charge is 0.422 e. The number of nitrogens with zero attached hydrogens (tertiary/aromatic N) is 3.